The van der Waals surface area contributed by atoms with Gasteiger partial charge in [-0.2, -0.15) is 0 Å². The van der Waals surface area contributed by atoms with E-state index in [2.05, 4.69) is 0 Å². The number of carboxylic acids is 1. The molecule has 1 N–H and O–H groups in total. The van der Waals surface area contributed by atoms with Crippen LogP contribution >= 0.6 is 0 Å². The Hall–Kier alpha value is -1.75. The maximum atomic E-state index is 11.4. The molecule has 0 saturated heterocycles. The molecule has 0 aliphatic rings. The second-order valence-electron chi connectivity index (χ2n) is 4.00. The molecular weight excluding hydrogens is 219 g/mol. The monoisotopic (exact) mass is 230 g/mol. The fourth-order valence-corrected chi connectivity index (χ4v) is 2.24. The van der Waals surface area contributed by atoms with Crippen LogP contribution in [0.25, 0.3) is 21.5 Å². The quantitative estimate of drug-likeness (QED) is 0.515. The molecule has 0 radical (unpaired) electrons. The zero-order valence-corrected chi connectivity index (χ0v) is 9.05. The predicted molar refractivity (Wildman–Crippen MR) is 75.6 cm³/mol. The van der Waals surface area contributed by atoms with Crippen molar-refractivity contribution < 1.29 is 9.90 Å². The van der Waals surface area contributed by atoms with Gasteiger partial charge < -0.3 is 5.11 Å². The van der Waals surface area contributed by atoms with Crippen molar-refractivity contribution in [1.29, 1.82) is 0 Å². The molecule has 0 aliphatic carbocycles. The summed E-state index contributed by atoms with van der Waals surface area (Å²) in [5.41, 5.74) is 0.388. The maximum absolute atomic E-state index is 11.4. The van der Waals surface area contributed by atoms with Crippen LogP contribution in [0.15, 0.2) is 54.6 Å². The summed E-state index contributed by atoms with van der Waals surface area (Å²) in [6.45, 7) is 0. The molecular formula is C15H11LiO2. The van der Waals surface area contributed by atoms with Crippen molar-refractivity contribution in [3.8, 4) is 0 Å². The van der Waals surface area contributed by atoms with Gasteiger partial charge in [0.15, 0.2) is 0 Å². The predicted octanol–water partition coefficient (Wildman–Crippen LogP) is 3.04. The zero-order valence-electron chi connectivity index (χ0n) is 9.05. The Bertz CT molecular complexity index is 681. The van der Waals surface area contributed by atoms with E-state index in [1.807, 2.05) is 54.6 Å². The summed E-state index contributed by atoms with van der Waals surface area (Å²) in [6, 6.07) is 17.2. The molecule has 3 aromatic carbocycles. The van der Waals surface area contributed by atoms with Crippen molar-refractivity contribution in [3.05, 3.63) is 60.2 Å². The molecule has 0 bridgehead atoms. The average molecular weight is 230 g/mol. The van der Waals surface area contributed by atoms with Gasteiger partial charge in [-0.05, 0) is 27.6 Å². The summed E-state index contributed by atoms with van der Waals surface area (Å²) in [6.07, 6.45) is 0. The molecule has 3 heteroatoms. The molecule has 0 saturated carbocycles. The average Bonchev–Trinajstić information content (AvgIpc) is 2.35. The molecule has 0 fully saturated rings. The standard InChI is InChI=1S/C15H10O2.Li.H/c16-15(17)14-12-7-3-1-5-10(12)9-11-6-2-4-8-13(11)14;;/h1-9H,(H,16,17);;. The third-order valence-electron chi connectivity index (χ3n) is 2.99. The van der Waals surface area contributed by atoms with E-state index in [4.69, 9.17) is 0 Å². The first-order valence-electron chi connectivity index (χ1n) is 5.41. The van der Waals surface area contributed by atoms with E-state index in [1.54, 1.807) is 0 Å². The molecule has 0 unspecified atom stereocenters. The molecule has 2 nitrogen and oxygen atoms in total. The van der Waals surface area contributed by atoms with E-state index < -0.39 is 5.97 Å². The number of fused-ring (bicyclic) bond motifs is 2. The third kappa shape index (κ3) is 1.90. The SMILES string of the molecule is O=C(O)c1c2ccccc2cc2ccccc12.[LiH]. The molecule has 0 amide bonds. The fourth-order valence-electron chi connectivity index (χ4n) is 2.24. The van der Waals surface area contributed by atoms with Crippen LogP contribution in [-0.4, -0.2) is 29.9 Å². The normalized spacial score (nSPS) is 10.2. The molecule has 0 spiro atoms. The van der Waals surface area contributed by atoms with E-state index in [1.165, 1.54) is 0 Å². The number of hydrogen-bond donors (Lipinski definition) is 1. The van der Waals surface area contributed by atoms with Gasteiger partial charge >= 0.3 is 24.8 Å². The summed E-state index contributed by atoms with van der Waals surface area (Å²) in [4.78, 5) is 11.4. The summed E-state index contributed by atoms with van der Waals surface area (Å²) in [7, 11) is 0. The van der Waals surface area contributed by atoms with Crippen molar-refractivity contribution in [2.45, 2.75) is 0 Å². The Labute approximate surface area is 116 Å². The van der Waals surface area contributed by atoms with Crippen LogP contribution in [-0.2, 0) is 0 Å². The van der Waals surface area contributed by atoms with Crippen LogP contribution in [0.3, 0.4) is 0 Å². The van der Waals surface area contributed by atoms with Gasteiger partial charge in [0.05, 0.1) is 5.56 Å². The number of rotatable bonds is 1. The van der Waals surface area contributed by atoms with Gasteiger partial charge in [0, 0.05) is 0 Å². The van der Waals surface area contributed by atoms with Crippen LogP contribution in [0.2, 0.25) is 0 Å². The Morgan fingerprint density at radius 2 is 1.28 bits per heavy atom. The summed E-state index contributed by atoms with van der Waals surface area (Å²) >= 11 is 0. The van der Waals surface area contributed by atoms with Crippen molar-refractivity contribution in [3.63, 3.8) is 0 Å². The number of carbonyl (C=O) groups is 1. The topological polar surface area (TPSA) is 37.3 Å². The van der Waals surface area contributed by atoms with E-state index in [-0.39, 0.29) is 18.9 Å². The Morgan fingerprint density at radius 1 is 0.833 bits per heavy atom. The van der Waals surface area contributed by atoms with Crippen LogP contribution in [0.4, 0.5) is 0 Å². The van der Waals surface area contributed by atoms with Crippen LogP contribution in [0.5, 0.6) is 0 Å². The first kappa shape index (κ1) is 12.7. The number of carboxylic acid groups (broad SMARTS) is 1. The van der Waals surface area contributed by atoms with Gasteiger partial charge in [-0.25, -0.2) is 4.79 Å². The van der Waals surface area contributed by atoms with Gasteiger partial charge in [-0.1, -0.05) is 48.5 Å². The molecule has 3 aromatic rings. The molecule has 0 heterocycles. The molecule has 0 aliphatic heterocycles. The Balaban J connectivity index is 0.00000120. The first-order chi connectivity index (χ1) is 8.27. The Morgan fingerprint density at radius 3 is 1.72 bits per heavy atom. The Kier molecular flexibility index (Phi) is 3.43. The number of benzene rings is 3. The number of hydrogen-bond acceptors (Lipinski definition) is 1. The summed E-state index contributed by atoms with van der Waals surface area (Å²) in [5, 5.41) is 12.9. The summed E-state index contributed by atoms with van der Waals surface area (Å²) in [5.74, 6) is -0.877. The molecule has 0 atom stereocenters. The minimum absolute atomic E-state index is 0. The van der Waals surface area contributed by atoms with E-state index in [0.717, 1.165) is 21.5 Å². The van der Waals surface area contributed by atoms with Crippen molar-refractivity contribution in [1.82, 2.24) is 0 Å². The molecule has 84 valence electrons. The van der Waals surface area contributed by atoms with Crippen LogP contribution < -0.4 is 0 Å². The van der Waals surface area contributed by atoms with Gasteiger partial charge in [-0.3, -0.25) is 0 Å². The van der Waals surface area contributed by atoms with E-state index in [0.29, 0.717) is 5.56 Å². The zero-order chi connectivity index (χ0) is 11.8. The van der Waals surface area contributed by atoms with Gasteiger partial charge in [0.2, 0.25) is 0 Å². The molecule has 18 heavy (non-hydrogen) atoms. The van der Waals surface area contributed by atoms with Gasteiger partial charge in [-0.15, -0.1) is 0 Å². The summed E-state index contributed by atoms with van der Waals surface area (Å²) < 4.78 is 0. The number of aromatic carboxylic acids is 1. The van der Waals surface area contributed by atoms with Gasteiger partial charge in [0.25, 0.3) is 0 Å². The van der Waals surface area contributed by atoms with E-state index in [9.17, 15) is 9.90 Å². The fraction of sp³-hybridized carbons (Fsp3) is 0. The minimum atomic E-state index is -0.877. The van der Waals surface area contributed by atoms with Crippen molar-refractivity contribution >= 4 is 46.4 Å². The third-order valence-corrected chi connectivity index (χ3v) is 2.99. The second kappa shape index (κ2) is 4.86. The van der Waals surface area contributed by atoms with E-state index >= 15 is 0 Å². The van der Waals surface area contributed by atoms with Crippen LogP contribution in [0.1, 0.15) is 10.4 Å². The second-order valence-corrected chi connectivity index (χ2v) is 4.00. The molecule has 0 aromatic heterocycles. The van der Waals surface area contributed by atoms with Crippen molar-refractivity contribution in [2.24, 2.45) is 0 Å². The van der Waals surface area contributed by atoms with Crippen LogP contribution in [0, 0.1) is 0 Å². The molecule has 3 rings (SSSR count). The van der Waals surface area contributed by atoms with Crippen molar-refractivity contribution in [2.75, 3.05) is 0 Å². The van der Waals surface area contributed by atoms with Gasteiger partial charge in [0.1, 0.15) is 0 Å². The first-order valence-corrected chi connectivity index (χ1v) is 5.41.